The molecule has 2 heterocycles. The predicted octanol–water partition coefficient (Wildman–Crippen LogP) is 2.55. The van der Waals surface area contributed by atoms with Crippen LogP contribution in [0, 0.1) is 13.8 Å². The van der Waals surface area contributed by atoms with Crippen LogP contribution in [0.3, 0.4) is 0 Å². The fourth-order valence-corrected chi connectivity index (χ4v) is 4.02. The largest absolute Gasteiger partial charge is 0.497 e. The van der Waals surface area contributed by atoms with Gasteiger partial charge < -0.3 is 14.8 Å². The zero-order chi connectivity index (χ0) is 18.8. The third-order valence-electron chi connectivity index (χ3n) is 4.43. The molecule has 3 rings (SSSR count). The van der Waals surface area contributed by atoms with Gasteiger partial charge in [0.1, 0.15) is 11.5 Å². The van der Waals surface area contributed by atoms with Crippen molar-refractivity contribution in [2.75, 3.05) is 25.3 Å². The highest BCUT2D eigenvalue weighted by atomic mass is 32.2. The number of methoxy groups -OCH3 is 2. The molecule has 0 saturated heterocycles. The SMILES string of the molecule is COc1ccc(NC(=O)CC2CSc3nc(C)c(C)c(=O)n32)c(OC)c1. The molecule has 1 amide bonds. The molecule has 2 aromatic rings. The van der Waals surface area contributed by atoms with Crippen molar-refractivity contribution in [2.45, 2.75) is 31.5 Å². The number of benzene rings is 1. The Balaban J connectivity index is 1.77. The van der Waals surface area contributed by atoms with Crippen LogP contribution in [0.2, 0.25) is 0 Å². The number of carbonyl (C=O) groups excluding carboxylic acids is 1. The van der Waals surface area contributed by atoms with Crippen molar-refractivity contribution in [2.24, 2.45) is 0 Å². The Bertz CT molecular complexity index is 910. The number of carbonyl (C=O) groups is 1. The Morgan fingerprint density at radius 1 is 1.35 bits per heavy atom. The highest BCUT2D eigenvalue weighted by molar-refractivity contribution is 7.99. The van der Waals surface area contributed by atoms with E-state index in [-0.39, 0.29) is 23.9 Å². The zero-order valence-electron chi connectivity index (χ0n) is 15.2. The second kappa shape index (κ2) is 7.41. The highest BCUT2D eigenvalue weighted by Crippen LogP contribution is 2.34. The summed E-state index contributed by atoms with van der Waals surface area (Å²) in [5.74, 6) is 1.63. The predicted molar refractivity (Wildman–Crippen MR) is 101 cm³/mol. The van der Waals surface area contributed by atoms with E-state index in [1.807, 2.05) is 6.92 Å². The molecule has 1 unspecified atom stereocenters. The summed E-state index contributed by atoms with van der Waals surface area (Å²) in [4.78, 5) is 29.5. The van der Waals surface area contributed by atoms with E-state index in [4.69, 9.17) is 9.47 Å². The number of anilines is 1. The van der Waals surface area contributed by atoms with Crippen LogP contribution in [-0.2, 0) is 4.79 Å². The Morgan fingerprint density at radius 3 is 2.81 bits per heavy atom. The molecule has 0 aliphatic carbocycles. The number of aromatic nitrogens is 2. The van der Waals surface area contributed by atoms with Crippen molar-refractivity contribution in [3.63, 3.8) is 0 Å². The van der Waals surface area contributed by atoms with E-state index in [1.165, 1.54) is 18.9 Å². The molecule has 1 aromatic heterocycles. The van der Waals surface area contributed by atoms with Gasteiger partial charge in [-0.05, 0) is 26.0 Å². The number of thioether (sulfide) groups is 1. The monoisotopic (exact) mass is 375 g/mol. The van der Waals surface area contributed by atoms with E-state index in [2.05, 4.69) is 10.3 Å². The third-order valence-corrected chi connectivity index (χ3v) is 5.52. The molecule has 0 spiro atoms. The number of aryl methyl sites for hydroxylation is 1. The standard InChI is InChI=1S/C18H21N3O4S/c1-10-11(2)19-18-21(17(10)23)12(9-26-18)7-16(22)20-14-6-5-13(24-3)8-15(14)25-4/h5-6,8,12H,7,9H2,1-4H3,(H,20,22). The van der Waals surface area contributed by atoms with Gasteiger partial charge in [-0.15, -0.1) is 0 Å². The summed E-state index contributed by atoms with van der Waals surface area (Å²) < 4.78 is 12.1. The molecule has 0 saturated carbocycles. The lowest BCUT2D eigenvalue weighted by Gasteiger charge is -2.16. The van der Waals surface area contributed by atoms with Crippen LogP contribution in [0.5, 0.6) is 11.5 Å². The minimum absolute atomic E-state index is 0.0719. The summed E-state index contributed by atoms with van der Waals surface area (Å²) in [5, 5.41) is 3.53. The molecular formula is C18H21N3O4S. The minimum atomic E-state index is -0.210. The van der Waals surface area contributed by atoms with Crippen LogP contribution in [0.25, 0.3) is 0 Å². The van der Waals surface area contributed by atoms with Gasteiger partial charge in [0.15, 0.2) is 5.16 Å². The van der Waals surface area contributed by atoms with Crippen molar-refractivity contribution in [3.8, 4) is 11.5 Å². The maximum absolute atomic E-state index is 12.5. The van der Waals surface area contributed by atoms with E-state index in [0.29, 0.717) is 33.7 Å². The van der Waals surface area contributed by atoms with Crippen molar-refractivity contribution in [1.82, 2.24) is 9.55 Å². The fourth-order valence-electron chi connectivity index (χ4n) is 2.84. The van der Waals surface area contributed by atoms with Crippen LogP contribution in [0.4, 0.5) is 5.69 Å². The lowest BCUT2D eigenvalue weighted by molar-refractivity contribution is -0.116. The average molecular weight is 375 g/mol. The van der Waals surface area contributed by atoms with E-state index in [9.17, 15) is 9.59 Å². The summed E-state index contributed by atoms with van der Waals surface area (Å²) in [7, 11) is 3.10. The molecule has 26 heavy (non-hydrogen) atoms. The zero-order valence-corrected chi connectivity index (χ0v) is 16.0. The van der Waals surface area contributed by atoms with Gasteiger partial charge in [0, 0.05) is 29.5 Å². The number of rotatable bonds is 5. The summed E-state index contributed by atoms with van der Waals surface area (Å²) in [6.45, 7) is 3.59. The van der Waals surface area contributed by atoms with E-state index < -0.39 is 0 Å². The summed E-state index contributed by atoms with van der Waals surface area (Å²) in [6, 6.07) is 4.98. The molecule has 7 nitrogen and oxygen atoms in total. The van der Waals surface area contributed by atoms with Crippen molar-refractivity contribution in [1.29, 1.82) is 0 Å². The first kappa shape index (κ1) is 18.3. The van der Waals surface area contributed by atoms with Crippen LogP contribution < -0.4 is 20.3 Å². The smallest absolute Gasteiger partial charge is 0.257 e. The third kappa shape index (κ3) is 3.41. The Hall–Kier alpha value is -2.48. The lowest BCUT2D eigenvalue weighted by Crippen LogP contribution is -2.29. The molecule has 1 N–H and O–H groups in total. The maximum Gasteiger partial charge on any atom is 0.257 e. The second-order valence-electron chi connectivity index (χ2n) is 6.06. The number of nitrogens with zero attached hydrogens (tertiary/aromatic N) is 2. The number of hydrogen-bond acceptors (Lipinski definition) is 6. The molecule has 0 bridgehead atoms. The number of amides is 1. The minimum Gasteiger partial charge on any atom is -0.497 e. The van der Waals surface area contributed by atoms with Gasteiger partial charge in [-0.2, -0.15) is 0 Å². The molecule has 1 aromatic carbocycles. The van der Waals surface area contributed by atoms with Gasteiger partial charge in [0.05, 0.1) is 25.9 Å². The molecule has 0 radical (unpaired) electrons. The van der Waals surface area contributed by atoms with E-state index >= 15 is 0 Å². The first-order chi connectivity index (χ1) is 12.4. The summed E-state index contributed by atoms with van der Waals surface area (Å²) in [6.07, 6.45) is 0.194. The van der Waals surface area contributed by atoms with Crippen LogP contribution in [0.1, 0.15) is 23.7 Å². The van der Waals surface area contributed by atoms with Crippen molar-refractivity contribution < 1.29 is 14.3 Å². The first-order valence-electron chi connectivity index (χ1n) is 8.19. The molecule has 1 aliphatic heterocycles. The summed E-state index contributed by atoms with van der Waals surface area (Å²) in [5.41, 5.74) is 1.85. The Kier molecular flexibility index (Phi) is 5.22. The highest BCUT2D eigenvalue weighted by Gasteiger charge is 2.28. The van der Waals surface area contributed by atoms with Crippen LogP contribution >= 0.6 is 11.8 Å². The molecule has 1 aliphatic rings. The van der Waals surface area contributed by atoms with E-state index in [1.54, 1.807) is 36.8 Å². The second-order valence-corrected chi connectivity index (χ2v) is 7.05. The molecule has 8 heteroatoms. The molecule has 0 fully saturated rings. The van der Waals surface area contributed by atoms with Gasteiger partial charge in [-0.25, -0.2) is 4.98 Å². The first-order valence-corrected chi connectivity index (χ1v) is 9.17. The van der Waals surface area contributed by atoms with Gasteiger partial charge in [0.2, 0.25) is 5.91 Å². The van der Waals surface area contributed by atoms with Gasteiger partial charge in [-0.1, -0.05) is 11.8 Å². The summed E-state index contributed by atoms with van der Waals surface area (Å²) >= 11 is 1.50. The Labute approximate surface area is 155 Å². The van der Waals surface area contributed by atoms with E-state index in [0.717, 1.165) is 5.69 Å². The number of hydrogen-bond donors (Lipinski definition) is 1. The Morgan fingerprint density at radius 2 is 2.12 bits per heavy atom. The fraction of sp³-hybridized carbons (Fsp3) is 0.389. The normalized spacial score (nSPS) is 15.5. The van der Waals surface area contributed by atoms with Gasteiger partial charge in [-0.3, -0.25) is 14.2 Å². The quantitative estimate of drug-likeness (QED) is 0.809. The van der Waals surface area contributed by atoms with Gasteiger partial charge >= 0.3 is 0 Å². The van der Waals surface area contributed by atoms with Gasteiger partial charge in [0.25, 0.3) is 5.56 Å². The molecule has 138 valence electrons. The lowest BCUT2D eigenvalue weighted by atomic mass is 10.2. The van der Waals surface area contributed by atoms with Crippen molar-refractivity contribution in [3.05, 3.63) is 39.8 Å². The van der Waals surface area contributed by atoms with Crippen molar-refractivity contribution >= 4 is 23.4 Å². The maximum atomic E-state index is 12.5. The molecule has 1 atom stereocenters. The van der Waals surface area contributed by atoms with Crippen LogP contribution in [0.15, 0.2) is 28.2 Å². The number of nitrogens with one attached hydrogen (secondary N) is 1. The number of fused-ring (bicyclic) bond motifs is 1. The van der Waals surface area contributed by atoms with Crippen LogP contribution in [-0.4, -0.2) is 35.4 Å². The molecular weight excluding hydrogens is 354 g/mol. The number of ether oxygens (including phenoxy) is 2. The average Bonchev–Trinajstić information content (AvgIpc) is 3.02. The topological polar surface area (TPSA) is 82.5 Å².